The predicted molar refractivity (Wildman–Crippen MR) is 138 cm³/mol. The van der Waals surface area contributed by atoms with Gasteiger partial charge >= 0.3 is 5.97 Å². The summed E-state index contributed by atoms with van der Waals surface area (Å²) in [7, 11) is 1.58. The van der Waals surface area contributed by atoms with E-state index in [2.05, 4.69) is 6.07 Å². The van der Waals surface area contributed by atoms with Gasteiger partial charge in [0.05, 0.1) is 12.5 Å². The van der Waals surface area contributed by atoms with Gasteiger partial charge in [-0.3, -0.25) is 9.59 Å². The van der Waals surface area contributed by atoms with E-state index in [0.717, 1.165) is 28.7 Å². The van der Waals surface area contributed by atoms with Crippen LogP contribution < -0.4 is 4.74 Å². The SMILES string of the molecule is COc1ccccc1/C=C/C(=O)N1C[C@H]2[C@]3(c4cccc(F)c4)CC[C@@H](c4ccccc43)[C@@]2(C(=O)O)C1. The highest BCUT2D eigenvalue weighted by atomic mass is 19.1. The molecule has 6 heteroatoms. The smallest absolute Gasteiger partial charge is 0.312 e. The summed E-state index contributed by atoms with van der Waals surface area (Å²) in [5.74, 6) is -1.40. The molecule has 1 saturated carbocycles. The first-order valence-corrected chi connectivity index (χ1v) is 12.6. The molecule has 188 valence electrons. The van der Waals surface area contributed by atoms with Crippen LogP contribution in [0.25, 0.3) is 6.08 Å². The monoisotopic (exact) mass is 497 g/mol. The Morgan fingerprint density at radius 3 is 2.65 bits per heavy atom. The molecule has 37 heavy (non-hydrogen) atoms. The molecule has 0 unspecified atom stereocenters. The van der Waals surface area contributed by atoms with E-state index in [1.807, 2.05) is 48.5 Å². The van der Waals surface area contributed by atoms with Crippen molar-refractivity contribution in [3.05, 3.63) is 107 Å². The summed E-state index contributed by atoms with van der Waals surface area (Å²) in [5, 5.41) is 10.8. The van der Waals surface area contributed by atoms with Gasteiger partial charge in [-0.25, -0.2) is 4.39 Å². The molecular formula is C31H28FNO4. The Morgan fingerprint density at radius 2 is 1.86 bits per heavy atom. The number of para-hydroxylation sites is 1. The number of methoxy groups -OCH3 is 1. The van der Waals surface area contributed by atoms with Crippen LogP contribution in [0.15, 0.2) is 78.9 Å². The molecule has 4 aliphatic rings. The number of nitrogens with zero attached hydrogens (tertiary/aromatic N) is 1. The number of hydrogen-bond donors (Lipinski definition) is 1. The van der Waals surface area contributed by atoms with Gasteiger partial charge in [-0.2, -0.15) is 0 Å². The molecule has 3 aromatic rings. The van der Waals surface area contributed by atoms with E-state index in [9.17, 15) is 19.1 Å². The van der Waals surface area contributed by atoms with Crippen LogP contribution in [0.1, 0.15) is 41.0 Å². The number of hydrogen-bond acceptors (Lipinski definition) is 3. The van der Waals surface area contributed by atoms with Crippen molar-refractivity contribution >= 4 is 18.0 Å². The number of likely N-dealkylation sites (tertiary alicyclic amines) is 1. The average Bonchev–Trinajstić information content (AvgIpc) is 3.36. The maximum Gasteiger partial charge on any atom is 0.312 e. The van der Waals surface area contributed by atoms with E-state index in [1.165, 1.54) is 12.1 Å². The van der Waals surface area contributed by atoms with Crippen molar-refractivity contribution < 1.29 is 23.8 Å². The Hall–Kier alpha value is -3.93. The second kappa shape index (κ2) is 8.58. The molecule has 1 aliphatic heterocycles. The molecule has 0 aromatic heterocycles. The molecule has 1 saturated heterocycles. The Kier molecular flexibility index (Phi) is 5.44. The molecule has 1 amide bonds. The van der Waals surface area contributed by atoms with Crippen LogP contribution in [-0.2, 0) is 15.0 Å². The minimum absolute atomic E-state index is 0.123. The van der Waals surface area contributed by atoms with Crippen molar-refractivity contribution in [3.63, 3.8) is 0 Å². The third-order valence-corrected chi connectivity index (χ3v) is 8.93. The Morgan fingerprint density at radius 1 is 1.08 bits per heavy atom. The van der Waals surface area contributed by atoms with Crippen LogP contribution in [0.2, 0.25) is 0 Å². The molecule has 3 aliphatic carbocycles. The van der Waals surface area contributed by atoms with E-state index in [4.69, 9.17) is 4.74 Å². The number of benzene rings is 3. The van der Waals surface area contributed by atoms with Crippen molar-refractivity contribution in [2.75, 3.05) is 20.2 Å². The highest BCUT2D eigenvalue weighted by molar-refractivity contribution is 5.93. The molecular weight excluding hydrogens is 469 g/mol. The van der Waals surface area contributed by atoms with Gasteiger partial charge in [0.2, 0.25) is 5.91 Å². The lowest BCUT2D eigenvalue weighted by Crippen LogP contribution is -2.60. The summed E-state index contributed by atoms with van der Waals surface area (Å²) >= 11 is 0. The fraction of sp³-hybridized carbons (Fsp3) is 0.290. The first-order chi connectivity index (χ1) is 17.9. The zero-order chi connectivity index (χ0) is 25.8. The number of carbonyl (C=O) groups is 2. The van der Waals surface area contributed by atoms with Crippen LogP contribution in [0.3, 0.4) is 0 Å². The zero-order valence-corrected chi connectivity index (χ0v) is 20.6. The summed E-state index contributed by atoms with van der Waals surface area (Å²) in [6.45, 7) is 0.418. The fourth-order valence-electron chi connectivity index (χ4n) is 7.46. The van der Waals surface area contributed by atoms with Crippen molar-refractivity contribution in [2.45, 2.75) is 24.2 Å². The lowest BCUT2D eigenvalue weighted by atomic mass is 9.42. The molecule has 5 nitrogen and oxygen atoms in total. The van der Waals surface area contributed by atoms with Crippen LogP contribution in [0.4, 0.5) is 4.39 Å². The van der Waals surface area contributed by atoms with Gasteiger partial charge in [0, 0.05) is 42.0 Å². The number of amides is 1. The standard InChI is InChI=1S/C31H28FNO4/c1-37-26-12-5-2-7-20(26)13-14-28(34)33-18-27-30(21-8-6-9-22(32)17-21)16-15-25(31(27,19-33)29(35)36)23-10-3-4-11-24(23)30/h2-14,17,25,27H,15-16,18-19H2,1H3,(H,35,36)/b14-13+/t25-,27-,30-,31-/m0/s1. The van der Waals surface area contributed by atoms with E-state index in [-0.39, 0.29) is 30.1 Å². The topological polar surface area (TPSA) is 66.8 Å². The third-order valence-electron chi connectivity index (χ3n) is 8.93. The van der Waals surface area contributed by atoms with Crippen molar-refractivity contribution in [2.24, 2.45) is 11.3 Å². The Bertz CT molecular complexity index is 1430. The predicted octanol–water partition coefficient (Wildman–Crippen LogP) is 5.25. The van der Waals surface area contributed by atoms with Gasteiger partial charge in [-0.15, -0.1) is 0 Å². The van der Waals surface area contributed by atoms with E-state index >= 15 is 0 Å². The number of carboxylic acid groups (broad SMARTS) is 1. The van der Waals surface area contributed by atoms with Gasteiger partial charge in [0.25, 0.3) is 0 Å². The van der Waals surface area contributed by atoms with Crippen molar-refractivity contribution in [1.82, 2.24) is 4.90 Å². The van der Waals surface area contributed by atoms with Crippen LogP contribution in [-0.4, -0.2) is 42.1 Å². The van der Waals surface area contributed by atoms with Crippen molar-refractivity contribution in [1.29, 1.82) is 0 Å². The summed E-state index contributed by atoms with van der Waals surface area (Å²) in [4.78, 5) is 28.3. The largest absolute Gasteiger partial charge is 0.496 e. The number of ether oxygens (including phenoxy) is 1. The van der Waals surface area contributed by atoms with Gasteiger partial charge in [-0.1, -0.05) is 54.6 Å². The summed E-state index contributed by atoms with van der Waals surface area (Å²) in [5.41, 5.74) is 1.80. The van der Waals surface area contributed by atoms with Gasteiger partial charge in [-0.05, 0) is 53.8 Å². The van der Waals surface area contributed by atoms with Crippen molar-refractivity contribution in [3.8, 4) is 5.75 Å². The summed E-state index contributed by atoms with van der Waals surface area (Å²) in [6, 6.07) is 22.0. The molecule has 2 fully saturated rings. The molecule has 0 radical (unpaired) electrons. The maximum atomic E-state index is 14.5. The molecule has 7 rings (SSSR count). The number of fused-ring (bicyclic) bond motifs is 1. The van der Waals surface area contributed by atoms with E-state index in [1.54, 1.807) is 30.2 Å². The van der Waals surface area contributed by atoms with E-state index in [0.29, 0.717) is 18.7 Å². The molecule has 0 spiro atoms. The molecule has 3 aromatic carbocycles. The minimum Gasteiger partial charge on any atom is -0.496 e. The number of halogens is 1. The lowest BCUT2D eigenvalue weighted by molar-refractivity contribution is -0.157. The second-order valence-corrected chi connectivity index (χ2v) is 10.4. The summed E-state index contributed by atoms with van der Waals surface area (Å²) in [6.07, 6.45) is 4.60. The summed E-state index contributed by atoms with van der Waals surface area (Å²) < 4.78 is 19.9. The van der Waals surface area contributed by atoms with Gasteiger partial charge in [0.1, 0.15) is 11.6 Å². The van der Waals surface area contributed by atoms with Crippen LogP contribution in [0.5, 0.6) is 5.75 Å². The first kappa shape index (κ1) is 23.5. The second-order valence-electron chi connectivity index (χ2n) is 10.4. The van der Waals surface area contributed by atoms with Crippen LogP contribution >= 0.6 is 0 Å². The number of carboxylic acids is 1. The van der Waals surface area contributed by atoms with Crippen LogP contribution in [0, 0.1) is 17.2 Å². The number of carbonyl (C=O) groups excluding carboxylic acids is 1. The molecule has 4 atom stereocenters. The number of rotatable bonds is 5. The average molecular weight is 498 g/mol. The normalized spacial score (nSPS) is 27.7. The Labute approximate surface area is 215 Å². The van der Waals surface area contributed by atoms with Gasteiger partial charge in [0.15, 0.2) is 0 Å². The number of aliphatic carboxylic acids is 1. The highest BCUT2D eigenvalue weighted by Gasteiger charge is 2.70. The van der Waals surface area contributed by atoms with Gasteiger partial charge < -0.3 is 14.7 Å². The Balaban J connectivity index is 1.45. The minimum atomic E-state index is -1.15. The molecule has 1 N–H and O–H groups in total. The fourth-order valence-corrected chi connectivity index (χ4v) is 7.46. The molecule has 1 heterocycles. The maximum absolute atomic E-state index is 14.5. The molecule has 2 bridgehead atoms. The van der Waals surface area contributed by atoms with E-state index < -0.39 is 16.8 Å². The quantitative estimate of drug-likeness (QED) is 0.489. The third kappa shape index (κ3) is 3.28. The highest BCUT2D eigenvalue weighted by Crippen LogP contribution is 2.68. The zero-order valence-electron chi connectivity index (χ0n) is 20.6. The first-order valence-electron chi connectivity index (χ1n) is 12.6. The lowest BCUT2D eigenvalue weighted by Gasteiger charge is -2.59.